The van der Waals surface area contributed by atoms with Crippen molar-refractivity contribution in [1.82, 2.24) is 10.2 Å². The summed E-state index contributed by atoms with van der Waals surface area (Å²) in [5, 5.41) is 3.39. The second-order valence-corrected chi connectivity index (χ2v) is 4.49. The molecule has 2 heterocycles. The quantitative estimate of drug-likeness (QED) is 0.712. The number of piperidine rings is 1. The van der Waals surface area contributed by atoms with Gasteiger partial charge in [-0.25, -0.2) is 0 Å². The lowest BCUT2D eigenvalue weighted by molar-refractivity contribution is 0.00630. The number of hydrogen-bond acceptors (Lipinski definition) is 3. The number of nitrogens with zero attached hydrogens (tertiary/aromatic N) is 1. The predicted molar refractivity (Wildman–Crippen MR) is 57.5 cm³/mol. The Morgan fingerprint density at radius 2 is 2.21 bits per heavy atom. The van der Waals surface area contributed by atoms with E-state index in [0.29, 0.717) is 12.1 Å². The number of hydrogen-bond donors (Lipinski definition) is 1. The molecule has 0 amide bonds. The number of likely N-dealkylation sites (N-methyl/N-ethyl adjacent to an activating group) is 1. The Balaban J connectivity index is 1.83. The van der Waals surface area contributed by atoms with E-state index >= 15 is 0 Å². The molecule has 0 aliphatic carbocycles. The topological polar surface area (TPSA) is 24.5 Å². The van der Waals surface area contributed by atoms with E-state index in [1.807, 2.05) is 0 Å². The van der Waals surface area contributed by atoms with Crippen molar-refractivity contribution in [3.8, 4) is 0 Å². The SMILES string of the molecule is CNC1CCCN(C2CCCOC2)C1. The summed E-state index contributed by atoms with van der Waals surface area (Å²) in [5.41, 5.74) is 0. The van der Waals surface area contributed by atoms with Gasteiger partial charge in [-0.1, -0.05) is 0 Å². The van der Waals surface area contributed by atoms with Crippen LogP contribution in [0.1, 0.15) is 25.7 Å². The molecule has 2 unspecified atom stereocenters. The second-order valence-electron chi connectivity index (χ2n) is 4.49. The third-order valence-electron chi connectivity index (χ3n) is 3.51. The van der Waals surface area contributed by atoms with Crippen LogP contribution >= 0.6 is 0 Å². The highest BCUT2D eigenvalue weighted by Crippen LogP contribution is 2.18. The highest BCUT2D eigenvalue weighted by Gasteiger charge is 2.26. The Bertz CT molecular complexity index is 169. The molecule has 2 aliphatic rings. The molecular weight excluding hydrogens is 176 g/mol. The Morgan fingerprint density at radius 3 is 2.93 bits per heavy atom. The molecule has 2 rings (SSSR count). The number of nitrogens with one attached hydrogen (secondary N) is 1. The number of likely N-dealkylation sites (tertiary alicyclic amines) is 1. The summed E-state index contributed by atoms with van der Waals surface area (Å²) in [6, 6.07) is 1.39. The zero-order chi connectivity index (χ0) is 9.80. The summed E-state index contributed by atoms with van der Waals surface area (Å²) >= 11 is 0. The van der Waals surface area contributed by atoms with Gasteiger partial charge in [-0.05, 0) is 39.3 Å². The molecule has 1 N–H and O–H groups in total. The van der Waals surface area contributed by atoms with E-state index in [2.05, 4.69) is 17.3 Å². The van der Waals surface area contributed by atoms with Gasteiger partial charge in [-0.3, -0.25) is 4.90 Å². The van der Waals surface area contributed by atoms with Gasteiger partial charge >= 0.3 is 0 Å². The summed E-state index contributed by atoms with van der Waals surface area (Å²) in [4.78, 5) is 2.61. The molecule has 0 saturated carbocycles. The van der Waals surface area contributed by atoms with E-state index < -0.39 is 0 Å². The standard InChI is InChI=1S/C11H22N2O/c1-12-10-4-2-6-13(8-10)11-5-3-7-14-9-11/h10-12H,2-9H2,1H3. The third-order valence-corrected chi connectivity index (χ3v) is 3.51. The molecule has 0 aromatic heterocycles. The summed E-state index contributed by atoms with van der Waals surface area (Å²) in [5.74, 6) is 0. The lowest BCUT2D eigenvalue weighted by Gasteiger charge is -2.39. The molecule has 0 bridgehead atoms. The monoisotopic (exact) mass is 198 g/mol. The van der Waals surface area contributed by atoms with Crippen LogP contribution in [-0.2, 0) is 4.74 Å². The molecule has 14 heavy (non-hydrogen) atoms. The maximum Gasteiger partial charge on any atom is 0.0621 e. The van der Waals surface area contributed by atoms with Crippen LogP contribution in [0.4, 0.5) is 0 Å². The Labute approximate surface area is 86.8 Å². The van der Waals surface area contributed by atoms with Crippen LogP contribution in [0.25, 0.3) is 0 Å². The van der Waals surface area contributed by atoms with Crippen molar-refractivity contribution >= 4 is 0 Å². The van der Waals surface area contributed by atoms with Crippen molar-refractivity contribution in [2.45, 2.75) is 37.8 Å². The van der Waals surface area contributed by atoms with Gasteiger partial charge < -0.3 is 10.1 Å². The van der Waals surface area contributed by atoms with Crippen LogP contribution < -0.4 is 5.32 Å². The van der Waals surface area contributed by atoms with Gasteiger partial charge in [0, 0.05) is 25.2 Å². The van der Waals surface area contributed by atoms with Crippen molar-refractivity contribution in [3.05, 3.63) is 0 Å². The normalized spacial score (nSPS) is 35.8. The molecule has 3 nitrogen and oxygen atoms in total. The molecule has 0 spiro atoms. The van der Waals surface area contributed by atoms with Crippen LogP contribution in [0.15, 0.2) is 0 Å². The zero-order valence-corrected chi connectivity index (χ0v) is 9.17. The van der Waals surface area contributed by atoms with Gasteiger partial charge in [0.2, 0.25) is 0 Å². The second kappa shape index (κ2) is 5.10. The maximum atomic E-state index is 5.54. The van der Waals surface area contributed by atoms with Crippen LogP contribution in [0.3, 0.4) is 0 Å². The van der Waals surface area contributed by atoms with Gasteiger partial charge in [0.25, 0.3) is 0 Å². The van der Waals surface area contributed by atoms with Crippen LogP contribution in [0, 0.1) is 0 Å². The van der Waals surface area contributed by atoms with Gasteiger partial charge in [0.15, 0.2) is 0 Å². The minimum Gasteiger partial charge on any atom is -0.380 e. The third kappa shape index (κ3) is 2.47. The first-order valence-corrected chi connectivity index (χ1v) is 5.89. The summed E-state index contributed by atoms with van der Waals surface area (Å²) < 4.78 is 5.54. The fourth-order valence-electron chi connectivity index (χ4n) is 2.59. The zero-order valence-electron chi connectivity index (χ0n) is 9.17. The summed E-state index contributed by atoms with van der Waals surface area (Å²) in [7, 11) is 2.07. The molecule has 82 valence electrons. The fourth-order valence-corrected chi connectivity index (χ4v) is 2.59. The summed E-state index contributed by atoms with van der Waals surface area (Å²) in [6.07, 6.45) is 5.24. The lowest BCUT2D eigenvalue weighted by Crippen LogP contribution is -2.51. The Hall–Kier alpha value is -0.120. The molecule has 0 aromatic rings. The lowest BCUT2D eigenvalue weighted by atomic mass is 10.0. The average Bonchev–Trinajstić information content (AvgIpc) is 2.30. The highest BCUT2D eigenvalue weighted by molar-refractivity contribution is 4.83. The van der Waals surface area contributed by atoms with Gasteiger partial charge in [0.05, 0.1) is 6.61 Å². The molecule has 2 saturated heterocycles. The summed E-state index contributed by atoms with van der Waals surface area (Å²) in [6.45, 7) is 4.41. The molecule has 0 radical (unpaired) electrons. The van der Waals surface area contributed by atoms with E-state index in [-0.39, 0.29) is 0 Å². The first kappa shape index (κ1) is 10.4. The molecule has 3 heteroatoms. The van der Waals surface area contributed by atoms with Crippen molar-refractivity contribution in [1.29, 1.82) is 0 Å². The smallest absolute Gasteiger partial charge is 0.0621 e. The highest BCUT2D eigenvalue weighted by atomic mass is 16.5. The van der Waals surface area contributed by atoms with Crippen molar-refractivity contribution in [3.63, 3.8) is 0 Å². The number of ether oxygens (including phenoxy) is 1. The number of rotatable bonds is 2. The fraction of sp³-hybridized carbons (Fsp3) is 1.00. The predicted octanol–water partition coefficient (Wildman–Crippen LogP) is 0.849. The molecule has 2 aliphatic heterocycles. The van der Waals surface area contributed by atoms with Gasteiger partial charge in [0.1, 0.15) is 0 Å². The van der Waals surface area contributed by atoms with E-state index in [1.54, 1.807) is 0 Å². The van der Waals surface area contributed by atoms with E-state index in [4.69, 9.17) is 4.74 Å². The van der Waals surface area contributed by atoms with Crippen molar-refractivity contribution in [2.24, 2.45) is 0 Å². The van der Waals surface area contributed by atoms with E-state index in [1.165, 1.54) is 38.8 Å². The minimum absolute atomic E-state index is 0.694. The van der Waals surface area contributed by atoms with Gasteiger partial charge in [-0.2, -0.15) is 0 Å². The van der Waals surface area contributed by atoms with E-state index in [9.17, 15) is 0 Å². The van der Waals surface area contributed by atoms with Gasteiger partial charge in [-0.15, -0.1) is 0 Å². The maximum absolute atomic E-state index is 5.54. The molecular formula is C11H22N2O. The first-order chi connectivity index (χ1) is 6.90. The van der Waals surface area contributed by atoms with E-state index in [0.717, 1.165) is 13.2 Å². The van der Waals surface area contributed by atoms with Crippen LogP contribution in [-0.4, -0.2) is 50.3 Å². The Morgan fingerprint density at radius 1 is 1.29 bits per heavy atom. The molecule has 2 atom stereocenters. The Kier molecular flexibility index (Phi) is 3.79. The average molecular weight is 198 g/mol. The van der Waals surface area contributed by atoms with Crippen LogP contribution in [0.5, 0.6) is 0 Å². The molecule has 0 aromatic carbocycles. The molecule has 2 fully saturated rings. The minimum atomic E-state index is 0.694. The first-order valence-electron chi connectivity index (χ1n) is 5.89. The van der Waals surface area contributed by atoms with Crippen molar-refractivity contribution in [2.75, 3.05) is 33.4 Å². The van der Waals surface area contributed by atoms with Crippen molar-refractivity contribution < 1.29 is 4.74 Å². The largest absolute Gasteiger partial charge is 0.380 e. The van der Waals surface area contributed by atoms with Crippen LogP contribution in [0.2, 0.25) is 0 Å².